The number of aromatic hydroxyl groups is 1. The predicted octanol–water partition coefficient (Wildman–Crippen LogP) is 3.28. The number of fused-ring (bicyclic) bond motifs is 2. The van der Waals surface area contributed by atoms with E-state index in [9.17, 15) is 9.50 Å². The van der Waals surface area contributed by atoms with Gasteiger partial charge in [0.2, 0.25) is 0 Å². The van der Waals surface area contributed by atoms with E-state index >= 15 is 0 Å². The number of phenolic OH excluding ortho intramolecular Hbond substituents is 1. The van der Waals surface area contributed by atoms with Gasteiger partial charge in [-0.2, -0.15) is 0 Å². The highest BCUT2D eigenvalue weighted by atomic mass is 19.1. The Labute approximate surface area is 117 Å². The SMILES string of the molecule is CN1CCc2ccc(F)c3c2C1Cc1cccc(O)c1-3. The summed E-state index contributed by atoms with van der Waals surface area (Å²) in [6.07, 6.45) is 1.78. The normalized spacial score (nSPS) is 20.4. The van der Waals surface area contributed by atoms with Gasteiger partial charge in [0.15, 0.2) is 0 Å². The Hall–Kier alpha value is -1.87. The van der Waals surface area contributed by atoms with Crippen LogP contribution in [0.3, 0.4) is 0 Å². The number of hydrogen-bond acceptors (Lipinski definition) is 2. The van der Waals surface area contributed by atoms with Crippen LogP contribution in [0, 0.1) is 5.82 Å². The van der Waals surface area contributed by atoms with Gasteiger partial charge in [-0.15, -0.1) is 0 Å². The molecule has 1 atom stereocenters. The van der Waals surface area contributed by atoms with Crippen LogP contribution in [0.4, 0.5) is 4.39 Å². The molecule has 0 saturated carbocycles. The standard InChI is InChI=1S/C17H16FNO/c1-19-8-7-10-5-6-12(18)17-15(10)13(19)9-11-3-2-4-14(20)16(11)17/h2-6,13,20H,7-9H2,1H3. The van der Waals surface area contributed by atoms with Crippen molar-refractivity contribution in [1.82, 2.24) is 4.90 Å². The van der Waals surface area contributed by atoms with Crippen molar-refractivity contribution in [2.45, 2.75) is 18.9 Å². The van der Waals surface area contributed by atoms with Crippen LogP contribution in [0.5, 0.6) is 5.75 Å². The zero-order chi connectivity index (χ0) is 13.9. The van der Waals surface area contributed by atoms with Crippen molar-refractivity contribution < 1.29 is 9.50 Å². The summed E-state index contributed by atoms with van der Waals surface area (Å²) in [4.78, 5) is 2.29. The zero-order valence-corrected chi connectivity index (χ0v) is 11.4. The van der Waals surface area contributed by atoms with E-state index < -0.39 is 0 Å². The summed E-state index contributed by atoms with van der Waals surface area (Å²) in [6, 6.07) is 9.14. The van der Waals surface area contributed by atoms with Crippen molar-refractivity contribution in [2.75, 3.05) is 13.6 Å². The first-order valence-electron chi connectivity index (χ1n) is 6.99. The van der Waals surface area contributed by atoms with Gasteiger partial charge in [-0.25, -0.2) is 4.39 Å². The van der Waals surface area contributed by atoms with Gasteiger partial charge in [0.05, 0.1) is 0 Å². The number of likely N-dealkylation sites (N-methyl/N-ethyl adjacent to an activating group) is 1. The average molecular weight is 269 g/mol. The maximum atomic E-state index is 14.4. The molecule has 0 amide bonds. The topological polar surface area (TPSA) is 23.5 Å². The molecule has 0 radical (unpaired) electrons. The number of phenols is 1. The van der Waals surface area contributed by atoms with Crippen LogP contribution in [-0.4, -0.2) is 23.6 Å². The van der Waals surface area contributed by atoms with Gasteiger partial charge in [-0.05, 0) is 48.7 Å². The Morgan fingerprint density at radius 3 is 2.85 bits per heavy atom. The fourth-order valence-corrected chi connectivity index (χ4v) is 3.67. The van der Waals surface area contributed by atoms with E-state index in [2.05, 4.69) is 11.9 Å². The quantitative estimate of drug-likeness (QED) is 0.793. The number of nitrogens with zero attached hydrogens (tertiary/aromatic N) is 1. The van der Waals surface area contributed by atoms with Gasteiger partial charge >= 0.3 is 0 Å². The first-order valence-corrected chi connectivity index (χ1v) is 6.99. The summed E-state index contributed by atoms with van der Waals surface area (Å²) in [5, 5.41) is 10.2. The molecule has 102 valence electrons. The van der Waals surface area contributed by atoms with E-state index in [1.807, 2.05) is 18.2 Å². The van der Waals surface area contributed by atoms with E-state index in [1.165, 1.54) is 11.6 Å². The molecule has 1 heterocycles. The Kier molecular flexibility index (Phi) is 2.42. The lowest BCUT2D eigenvalue weighted by Crippen LogP contribution is -2.35. The lowest BCUT2D eigenvalue weighted by Gasteiger charge is -2.39. The number of halogens is 1. The van der Waals surface area contributed by atoms with Gasteiger partial charge in [-0.1, -0.05) is 18.2 Å². The van der Waals surface area contributed by atoms with Gasteiger partial charge in [0, 0.05) is 23.7 Å². The monoisotopic (exact) mass is 269 g/mol. The average Bonchev–Trinajstić information content (AvgIpc) is 2.45. The summed E-state index contributed by atoms with van der Waals surface area (Å²) < 4.78 is 14.4. The summed E-state index contributed by atoms with van der Waals surface area (Å²) in [7, 11) is 2.09. The molecular weight excluding hydrogens is 253 g/mol. The van der Waals surface area contributed by atoms with Crippen molar-refractivity contribution in [1.29, 1.82) is 0 Å². The van der Waals surface area contributed by atoms with Crippen LogP contribution in [-0.2, 0) is 12.8 Å². The molecule has 3 heteroatoms. The minimum Gasteiger partial charge on any atom is -0.507 e. The molecule has 1 aliphatic carbocycles. The van der Waals surface area contributed by atoms with Crippen LogP contribution >= 0.6 is 0 Å². The van der Waals surface area contributed by atoms with Crippen molar-refractivity contribution >= 4 is 0 Å². The second-order valence-corrected chi connectivity index (χ2v) is 5.76. The first kappa shape index (κ1) is 11.9. The fourth-order valence-electron chi connectivity index (χ4n) is 3.67. The molecule has 2 nitrogen and oxygen atoms in total. The molecule has 2 aromatic rings. The third kappa shape index (κ3) is 1.47. The van der Waals surface area contributed by atoms with Crippen LogP contribution < -0.4 is 0 Å². The van der Waals surface area contributed by atoms with Crippen LogP contribution in [0.25, 0.3) is 11.1 Å². The molecule has 1 aliphatic heterocycles. The van der Waals surface area contributed by atoms with Gasteiger partial charge in [0.25, 0.3) is 0 Å². The Morgan fingerprint density at radius 2 is 2.00 bits per heavy atom. The van der Waals surface area contributed by atoms with E-state index in [-0.39, 0.29) is 17.6 Å². The maximum absolute atomic E-state index is 14.4. The second kappa shape index (κ2) is 4.06. The molecule has 0 saturated heterocycles. The Balaban J connectivity index is 2.10. The molecule has 20 heavy (non-hydrogen) atoms. The highest BCUT2D eigenvalue weighted by molar-refractivity contribution is 5.80. The molecule has 0 bridgehead atoms. The highest BCUT2D eigenvalue weighted by Gasteiger charge is 2.35. The number of rotatable bonds is 0. The summed E-state index contributed by atoms with van der Waals surface area (Å²) >= 11 is 0. The zero-order valence-electron chi connectivity index (χ0n) is 11.4. The lowest BCUT2D eigenvalue weighted by molar-refractivity contribution is 0.227. The minimum absolute atomic E-state index is 0.182. The predicted molar refractivity (Wildman–Crippen MR) is 76.3 cm³/mol. The summed E-state index contributed by atoms with van der Waals surface area (Å²) in [5.74, 6) is -0.0482. The van der Waals surface area contributed by atoms with Crippen molar-refractivity contribution in [3.63, 3.8) is 0 Å². The van der Waals surface area contributed by atoms with Gasteiger partial charge in [0.1, 0.15) is 11.6 Å². The van der Waals surface area contributed by atoms with Gasteiger partial charge in [-0.3, -0.25) is 4.90 Å². The first-order chi connectivity index (χ1) is 9.66. The fraction of sp³-hybridized carbons (Fsp3) is 0.294. The molecule has 0 fully saturated rings. The van der Waals surface area contributed by atoms with Gasteiger partial charge < -0.3 is 5.11 Å². The largest absolute Gasteiger partial charge is 0.507 e. The smallest absolute Gasteiger partial charge is 0.131 e. The van der Waals surface area contributed by atoms with E-state index in [0.717, 1.165) is 30.5 Å². The molecule has 2 aliphatic rings. The number of hydrogen-bond donors (Lipinski definition) is 1. The third-order valence-electron chi connectivity index (χ3n) is 4.68. The molecule has 0 aromatic heterocycles. The highest BCUT2D eigenvalue weighted by Crippen LogP contribution is 2.48. The van der Waals surface area contributed by atoms with E-state index in [1.54, 1.807) is 6.07 Å². The molecule has 1 N–H and O–H groups in total. The van der Waals surface area contributed by atoms with E-state index in [4.69, 9.17) is 0 Å². The summed E-state index contributed by atoms with van der Waals surface area (Å²) in [5.41, 5.74) is 4.63. The Morgan fingerprint density at radius 1 is 1.15 bits per heavy atom. The van der Waals surface area contributed by atoms with Crippen molar-refractivity contribution in [3.8, 4) is 16.9 Å². The Bertz CT molecular complexity index is 710. The minimum atomic E-state index is -0.230. The third-order valence-corrected chi connectivity index (χ3v) is 4.68. The second-order valence-electron chi connectivity index (χ2n) is 5.76. The van der Waals surface area contributed by atoms with Crippen LogP contribution in [0.2, 0.25) is 0 Å². The molecule has 4 rings (SSSR count). The van der Waals surface area contributed by atoms with Crippen LogP contribution in [0.15, 0.2) is 30.3 Å². The van der Waals surface area contributed by atoms with Crippen LogP contribution in [0.1, 0.15) is 22.7 Å². The molecular formula is C17H16FNO. The lowest BCUT2D eigenvalue weighted by atomic mass is 9.77. The molecule has 2 aromatic carbocycles. The van der Waals surface area contributed by atoms with Crippen molar-refractivity contribution in [3.05, 3.63) is 52.8 Å². The molecule has 1 unspecified atom stereocenters. The van der Waals surface area contributed by atoms with E-state index in [0.29, 0.717) is 11.1 Å². The molecule has 0 spiro atoms. The number of benzene rings is 2. The van der Waals surface area contributed by atoms with Crippen molar-refractivity contribution in [2.24, 2.45) is 0 Å². The summed E-state index contributed by atoms with van der Waals surface area (Å²) in [6.45, 7) is 0.997. The maximum Gasteiger partial charge on any atom is 0.131 e.